The van der Waals surface area contributed by atoms with Crippen molar-refractivity contribution in [1.82, 2.24) is 15.2 Å². The molecule has 2 fully saturated rings. The van der Waals surface area contributed by atoms with E-state index in [1.54, 1.807) is 0 Å². The molecule has 1 saturated carbocycles. The number of nitrogens with zero attached hydrogens (tertiary/aromatic N) is 1. The van der Waals surface area contributed by atoms with Gasteiger partial charge in [-0.25, -0.2) is 0 Å². The van der Waals surface area contributed by atoms with Crippen LogP contribution < -0.4 is 10.6 Å². The zero-order valence-electron chi connectivity index (χ0n) is 9.98. The quantitative estimate of drug-likeness (QED) is 0.820. The van der Waals surface area contributed by atoms with Crippen LogP contribution in [0.15, 0.2) is 18.3 Å². The number of aromatic nitrogens is 1. The summed E-state index contributed by atoms with van der Waals surface area (Å²) in [5.74, 6) is 0.678. The lowest BCUT2D eigenvalue weighted by Crippen LogP contribution is -2.31. The van der Waals surface area contributed by atoms with Crippen LogP contribution in [-0.2, 0) is 0 Å². The number of nitrogens with one attached hydrogen (secondary N) is 2. The SMILES string of the molecule is O=C(NCC1CCNC1)c1cccn1C1CC1. The van der Waals surface area contributed by atoms with Crippen LogP contribution in [0.5, 0.6) is 0 Å². The zero-order valence-corrected chi connectivity index (χ0v) is 9.98. The number of rotatable bonds is 4. The molecule has 92 valence electrons. The molecule has 17 heavy (non-hydrogen) atoms. The minimum absolute atomic E-state index is 0.0776. The Balaban J connectivity index is 1.58. The first kappa shape index (κ1) is 10.8. The Morgan fingerprint density at radius 3 is 3.06 bits per heavy atom. The molecule has 2 heterocycles. The number of hydrogen-bond acceptors (Lipinski definition) is 2. The van der Waals surface area contributed by atoms with Crippen LogP contribution >= 0.6 is 0 Å². The van der Waals surface area contributed by atoms with E-state index in [4.69, 9.17) is 0 Å². The monoisotopic (exact) mass is 233 g/mol. The lowest BCUT2D eigenvalue weighted by atomic mass is 10.1. The Kier molecular flexibility index (Phi) is 2.89. The molecule has 3 rings (SSSR count). The van der Waals surface area contributed by atoms with Crippen molar-refractivity contribution < 1.29 is 4.79 Å². The lowest BCUT2D eigenvalue weighted by molar-refractivity contribution is 0.0938. The highest BCUT2D eigenvalue weighted by Crippen LogP contribution is 2.35. The Hall–Kier alpha value is -1.29. The van der Waals surface area contributed by atoms with E-state index in [-0.39, 0.29) is 5.91 Å². The van der Waals surface area contributed by atoms with Gasteiger partial charge in [-0.3, -0.25) is 4.79 Å². The average Bonchev–Trinajstić information content (AvgIpc) is 2.88. The first-order valence-electron chi connectivity index (χ1n) is 6.50. The molecule has 1 amide bonds. The fourth-order valence-corrected chi connectivity index (χ4v) is 2.47. The third-order valence-corrected chi connectivity index (χ3v) is 3.67. The Bertz CT molecular complexity index is 403. The van der Waals surface area contributed by atoms with Crippen molar-refractivity contribution in [3.63, 3.8) is 0 Å². The molecule has 1 atom stereocenters. The van der Waals surface area contributed by atoms with E-state index >= 15 is 0 Å². The summed E-state index contributed by atoms with van der Waals surface area (Å²) in [7, 11) is 0. The minimum atomic E-state index is 0.0776. The smallest absolute Gasteiger partial charge is 0.267 e. The molecular formula is C13H19N3O. The second-order valence-electron chi connectivity index (χ2n) is 5.10. The van der Waals surface area contributed by atoms with E-state index in [2.05, 4.69) is 15.2 Å². The molecule has 0 aromatic carbocycles. The fourth-order valence-electron chi connectivity index (χ4n) is 2.47. The maximum absolute atomic E-state index is 12.1. The number of carbonyl (C=O) groups excluding carboxylic acids is 1. The fraction of sp³-hybridized carbons (Fsp3) is 0.615. The molecule has 1 aromatic heterocycles. The van der Waals surface area contributed by atoms with Gasteiger partial charge in [0.25, 0.3) is 5.91 Å². The van der Waals surface area contributed by atoms with Crippen molar-refractivity contribution in [2.45, 2.75) is 25.3 Å². The second kappa shape index (κ2) is 4.53. The number of carbonyl (C=O) groups is 1. The van der Waals surface area contributed by atoms with Crippen LogP contribution in [0.4, 0.5) is 0 Å². The van der Waals surface area contributed by atoms with Gasteiger partial charge < -0.3 is 15.2 Å². The Morgan fingerprint density at radius 2 is 2.35 bits per heavy atom. The van der Waals surface area contributed by atoms with Crippen molar-refractivity contribution in [2.75, 3.05) is 19.6 Å². The highest BCUT2D eigenvalue weighted by molar-refractivity contribution is 5.92. The molecule has 1 saturated heterocycles. The van der Waals surface area contributed by atoms with E-state index in [9.17, 15) is 4.79 Å². The van der Waals surface area contributed by atoms with Gasteiger partial charge >= 0.3 is 0 Å². The van der Waals surface area contributed by atoms with E-state index in [1.165, 1.54) is 19.3 Å². The molecule has 2 N–H and O–H groups in total. The molecule has 4 heteroatoms. The summed E-state index contributed by atoms with van der Waals surface area (Å²) in [6.45, 7) is 2.91. The standard InChI is InChI=1S/C13H19N3O/c17-13(15-9-10-5-6-14-8-10)12-2-1-7-16(12)11-3-4-11/h1-2,7,10-11,14H,3-6,8-9H2,(H,15,17). The molecular weight excluding hydrogens is 214 g/mol. The summed E-state index contributed by atoms with van der Waals surface area (Å²) < 4.78 is 2.11. The maximum Gasteiger partial charge on any atom is 0.267 e. The van der Waals surface area contributed by atoms with Gasteiger partial charge in [0.05, 0.1) is 0 Å². The molecule has 1 aliphatic carbocycles. The van der Waals surface area contributed by atoms with Crippen LogP contribution in [0.2, 0.25) is 0 Å². The predicted molar refractivity (Wildman–Crippen MR) is 66.0 cm³/mol. The van der Waals surface area contributed by atoms with Gasteiger partial charge in [-0.1, -0.05) is 0 Å². The van der Waals surface area contributed by atoms with Gasteiger partial charge in [-0.15, -0.1) is 0 Å². The topological polar surface area (TPSA) is 46.1 Å². The van der Waals surface area contributed by atoms with Crippen molar-refractivity contribution in [3.05, 3.63) is 24.0 Å². The summed E-state index contributed by atoms with van der Waals surface area (Å²) in [6, 6.07) is 4.45. The summed E-state index contributed by atoms with van der Waals surface area (Å²) >= 11 is 0. The van der Waals surface area contributed by atoms with Gasteiger partial charge in [0.1, 0.15) is 5.69 Å². The molecule has 0 spiro atoms. The summed E-state index contributed by atoms with van der Waals surface area (Å²) in [5, 5.41) is 6.36. The zero-order chi connectivity index (χ0) is 11.7. The van der Waals surface area contributed by atoms with E-state index in [0.717, 1.165) is 25.3 Å². The third kappa shape index (κ3) is 2.36. The maximum atomic E-state index is 12.1. The van der Waals surface area contributed by atoms with Crippen LogP contribution in [0.3, 0.4) is 0 Å². The van der Waals surface area contributed by atoms with Crippen LogP contribution in [0.1, 0.15) is 35.8 Å². The van der Waals surface area contributed by atoms with Crippen molar-refractivity contribution in [1.29, 1.82) is 0 Å². The molecule has 0 bridgehead atoms. The van der Waals surface area contributed by atoms with Crippen molar-refractivity contribution >= 4 is 5.91 Å². The summed E-state index contributed by atoms with van der Waals surface area (Å²) in [4.78, 5) is 12.1. The van der Waals surface area contributed by atoms with Gasteiger partial charge in [0.15, 0.2) is 0 Å². The first-order valence-corrected chi connectivity index (χ1v) is 6.50. The highest BCUT2D eigenvalue weighted by Gasteiger charge is 2.26. The lowest BCUT2D eigenvalue weighted by Gasteiger charge is -2.11. The molecule has 1 unspecified atom stereocenters. The normalized spacial score (nSPS) is 23.9. The number of amides is 1. The van der Waals surface area contributed by atoms with Gasteiger partial charge in [-0.05, 0) is 50.4 Å². The Labute approximate surface area is 101 Å². The molecule has 1 aromatic rings. The summed E-state index contributed by atoms with van der Waals surface area (Å²) in [6.07, 6.45) is 5.61. The van der Waals surface area contributed by atoms with Crippen molar-refractivity contribution in [3.8, 4) is 0 Å². The van der Waals surface area contributed by atoms with Gasteiger partial charge in [-0.2, -0.15) is 0 Å². The van der Waals surface area contributed by atoms with Crippen LogP contribution in [-0.4, -0.2) is 30.1 Å². The first-order chi connectivity index (χ1) is 8.34. The molecule has 4 nitrogen and oxygen atoms in total. The second-order valence-corrected chi connectivity index (χ2v) is 5.10. The molecule has 2 aliphatic rings. The van der Waals surface area contributed by atoms with Gasteiger partial charge in [0.2, 0.25) is 0 Å². The molecule has 0 radical (unpaired) electrons. The van der Waals surface area contributed by atoms with E-state index in [1.807, 2.05) is 18.3 Å². The van der Waals surface area contributed by atoms with Crippen LogP contribution in [0.25, 0.3) is 0 Å². The van der Waals surface area contributed by atoms with Crippen LogP contribution in [0, 0.1) is 5.92 Å². The predicted octanol–water partition coefficient (Wildman–Crippen LogP) is 1.16. The Morgan fingerprint density at radius 1 is 1.47 bits per heavy atom. The molecule has 1 aliphatic heterocycles. The highest BCUT2D eigenvalue weighted by atomic mass is 16.1. The number of hydrogen-bond donors (Lipinski definition) is 2. The van der Waals surface area contributed by atoms with E-state index < -0.39 is 0 Å². The van der Waals surface area contributed by atoms with E-state index in [0.29, 0.717) is 12.0 Å². The minimum Gasteiger partial charge on any atom is -0.350 e. The van der Waals surface area contributed by atoms with Gasteiger partial charge in [0, 0.05) is 18.8 Å². The van der Waals surface area contributed by atoms with Crippen molar-refractivity contribution in [2.24, 2.45) is 5.92 Å². The average molecular weight is 233 g/mol. The summed E-state index contributed by atoms with van der Waals surface area (Å²) in [5.41, 5.74) is 0.818. The largest absolute Gasteiger partial charge is 0.350 e. The third-order valence-electron chi connectivity index (χ3n) is 3.67.